The molecule has 244 valence electrons. The van der Waals surface area contributed by atoms with Crippen molar-refractivity contribution in [3.05, 3.63) is 89.0 Å². The number of esters is 1. The third-order valence-corrected chi connectivity index (χ3v) is 9.38. The van der Waals surface area contributed by atoms with Crippen molar-refractivity contribution in [1.29, 1.82) is 0 Å². The van der Waals surface area contributed by atoms with Gasteiger partial charge in [-0.2, -0.15) is 0 Å². The van der Waals surface area contributed by atoms with E-state index in [2.05, 4.69) is 117 Å². The molecule has 3 aromatic rings. The zero-order valence-corrected chi connectivity index (χ0v) is 28.9. The van der Waals surface area contributed by atoms with Crippen molar-refractivity contribution in [2.24, 2.45) is 0 Å². The van der Waals surface area contributed by atoms with Crippen LogP contribution in [-0.4, -0.2) is 45.2 Å². The van der Waals surface area contributed by atoms with Gasteiger partial charge in [-0.3, -0.25) is 0 Å². The number of fused-ring (bicyclic) bond motifs is 1. The lowest BCUT2D eigenvalue weighted by atomic mass is 9.79. The van der Waals surface area contributed by atoms with Crippen molar-refractivity contribution < 1.29 is 9.53 Å². The van der Waals surface area contributed by atoms with Gasteiger partial charge in [0.05, 0.1) is 5.56 Å². The Labute approximate surface area is 273 Å². The summed E-state index contributed by atoms with van der Waals surface area (Å²) >= 11 is 0. The molecule has 1 aliphatic rings. The predicted molar refractivity (Wildman–Crippen MR) is 192 cm³/mol. The van der Waals surface area contributed by atoms with E-state index in [1.165, 1.54) is 62.7 Å². The molecule has 0 spiro atoms. The minimum Gasteiger partial charge on any atom is -0.441 e. The average Bonchev–Trinajstić information content (AvgIpc) is 3.38. The van der Waals surface area contributed by atoms with Crippen molar-refractivity contribution in [2.75, 3.05) is 54.0 Å². The van der Waals surface area contributed by atoms with Crippen LogP contribution in [0.15, 0.2) is 66.7 Å². The first-order valence-corrected chi connectivity index (χ1v) is 17.8. The van der Waals surface area contributed by atoms with Gasteiger partial charge in [-0.05, 0) is 75.9 Å². The van der Waals surface area contributed by atoms with Crippen LogP contribution in [-0.2, 0) is 10.3 Å². The van der Waals surface area contributed by atoms with Crippen LogP contribution in [0.1, 0.15) is 120 Å². The molecule has 3 aromatic carbocycles. The number of nitrogens with zero attached hydrogens (tertiary/aromatic N) is 3. The van der Waals surface area contributed by atoms with Crippen LogP contribution < -0.4 is 14.7 Å². The Hall–Kier alpha value is -3.47. The first kappa shape index (κ1) is 34.4. The maximum absolute atomic E-state index is 13.7. The Morgan fingerprint density at radius 2 is 0.933 bits per heavy atom. The second kappa shape index (κ2) is 16.7. The van der Waals surface area contributed by atoms with Crippen molar-refractivity contribution in [1.82, 2.24) is 0 Å². The Balaban J connectivity index is 1.81. The number of cyclic esters (lactones) is 1. The monoisotopic (exact) mass is 611 g/mol. The Morgan fingerprint density at radius 3 is 1.31 bits per heavy atom. The van der Waals surface area contributed by atoms with E-state index in [1.54, 1.807) is 0 Å². The van der Waals surface area contributed by atoms with Gasteiger partial charge in [0.25, 0.3) is 0 Å². The molecule has 0 unspecified atom stereocenters. The zero-order chi connectivity index (χ0) is 32.2. The smallest absolute Gasteiger partial charge is 0.340 e. The number of rotatable bonds is 19. The second-order valence-corrected chi connectivity index (χ2v) is 12.5. The van der Waals surface area contributed by atoms with Crippen molar-refractivity contribution in [3.8, 4) is 0 Å². The number of hydrogen-bond donors (Lipinski definition) is 0. The number of hydrogen-bond acceptors (Lipinski definition) is 5. The quantitative estimate of drug-likeness (QED) is 0.126. The molecule has 5 nitrogen and oxygen atoms in total. The van der Waals surface area contributed by atoms with Gasteiger partial charge in [-0.25, -0.2) is 4.79 Å². The summed E-state index contributed by atoms with van der Waals surface area (Å²) in [6, 6.07) is 23.9. The minimum atomic E-state index is -0.999. The Bertz CT molecular complexity index is 1250. The maximum Gasteiger partial charge on any atom is 0.340 e. The lowest BCUT2D eigenvalue weighted by molar-refractivity contribution is 0.0251. The lowest BCUT2D eigenvalue weighted by Gasteiger charge is -2.32. The lowest BCUT2D eigenvalue weighted by Crippen LogP contribution is -2.30. The fraction of sp³-hybridized carbons (Fsp3) is 0.525. The summed E-state index contributed by atoms with van der Waals surface area (Å²) in [5.41, 5.74) is 6.08. The SMILES string of the molecule is CCCCN(CCCC)c1ccc(C2(c3ccc(N(CCCC)CCCC)cc3)OC(=O)c3cc(N(CC)CC)ccc32)cc1. The van der Waals surface area contributed by atoms with Crippen LogP contribution in [0.4, 0.5) is 17.1 Å². The molecular weight excluding hydrogens is 554 g/mol. The van der Waals surface area contributed by atoms with E-state index < -0.39 is 5.60 Å². The summed E-state index contributed by atoms with van der Waals surface area (Å²) in [5, 5.41) is 0. The highest BCUT2D eigenvalue weighted by atomic mass is 16.6. The van der Waals surface area contributed by atoms with Crippen LogP contribution >= 0.6 is 0 Å². The molecule has 0 aliphatic carbocycles. The molecule has 0 bridgehead atoms. The van der Waals surface area contributed by atoms with Crippen LogP contribution in [0, 0.1) is 0 Å². The number of anilines is 3. The van der Waals surface area contributed by atoms with Gasteiger partial charge in [-0.15, -0.1) is 0 Å². The third kappa shape index (κ3) is 7.68. The standard InChI is InChI=1S/C40H57N3O2/c1-7-13-27-42(28-14-8-2)34-21-17-32(18-22-34)40(33-19-23-35(24-20-33)43(29-15-9-3)30-16-10-4)38-26-25-36(41(11-5)12-6)31-37(38)39(44)45-40/h17-26,31H,7-16,27-30H2,1-6H3. The third-order valence-electron chi connectivity index (χ3n) is 9.38. The van der Waals surface area contributed by atoms with Crippen molar-refractivity contribution >= 4 is 23.0 Å². The van der Waals surface area contributed by atoms with Gasteiger partial charge < -0.3 is 19.4 Å². The van der Waals surface area contributed by atoms with E-state index in [0.717, 1.165) is 61.6 Å². The molecule has 0 fully saturated rings. The molecule has 0 saturated heterocycles. The predicted octanol–water partition coefficient (Wildman–Crippen LogP) is 9.81. The molecule has 45 heavy (non-hydrogen) atoms. The maximum atomic E-state index is 13.7. The van der Waals surface area contributed by atoms with Crippen LogP contribution in [0.3, 0.4) is 0 Å². The summed E-state index contributed by atoms with van der Waals surface area (Å²) in [5.74, 6) is -0.257. The van der Waals surface area contributed by atoms with Gasteiger partial charge in [0.15, 0.2) is 5.60 Å². The molecule has 0 atom stereocenters. The molecule has 5 heteroatoms. The normalized spacial score (nSPS) is 13.4. The van der Waals surface area contributed by atoms with Crippen molar-refractivity contribution in [3.63, 3.8) is 0 Å². The first-order chi connectivity index (χ1) is 22.0. The summed E-state index contributed by atoms with van der Waals surface area (Å²) in [4.78, 5) is 21.0. The highest BCUT2D eigenvalue weighted by Gasteiger charge is 2.48. The molecule has 4 rings (SSSR count). The number of carbonyl (C=O) groups excluding carboxylic acids is 1. The van der Waals surface area contributed by atoms with E-state index in [1.807, 2.05) is 6.07 Å². The van der Waals surface area contributed by atoms with E-state index in [0.29, 0.717) is 5.56 Å². The molecule has 1 heterocycles. The van der Waals surface area contributed by atoms with Crippen LogP contribution in [0.2, 0.25) is 0 Å². The summed E-state index contributed by atoms with van der Waals surface area (Å²) in [6.07, 6.45) is 9.41. The van der Waals surface area contributed by atoms with Gasteiger partial charge in [0.1, 0.15) is 0 Å². The van der Waals surface area contributed by atoms with Gasteiger partial charge >= 0.3 is 5.97 Å². The van der Waals surface area contributed by atoms with E-state index in [9.17, 15) is 4.79 Å². The fourth-order valence-electron chi connectivity index (χ4n) is 6.59. The molecule has 0 radical (unpaired) electrons. The minimum absolute atomic E-state index is 0.257. The number of ether oxygens (including phenoxy) is 1. The molecule has 1 aliphatic heterocycles. The highest BCUT2D eigenvalue weighted by Crippen LogP contribution is 2.48. The van der Waals surface area contributed by atoms with E-state index in [-0.39, 0.29) is 5.97 Å². The largest absolute Gasteiger partial charge is 0.441 e. The molecule has 0 amide bonds. The first-order valence-electron chi connectivity index (χ1n) is 17.8. The average molecular weight is 612 g/mol. The van der Waals surface area contributed by atoms with E-state index in [4.69, 9.17) is 4.74 Å². The Kier molecular flexibility index (Phi) is 12.8. The zero-order valence-electron chi connectivity index (χ0n) is 28.9. The molecule has 0 saturated carbocycles. The molecule has 0 N–H and O–H groups in total. The number of benzene rings is 3. The Morgan fingerprint density at radius 1 is 0.533 bits per heavy atom. The number of unbranched alkanes of at least 4 members (excludes halogenated alkanes) is 4. The van der Waals surface area contributed by atoms with Gasteiger partial charge in [0, 0.05) is 73.0 Å². The van der Waals surface area contributed by atoms with Gasteiger partial charge in [-0.1, -0.05) is 83.7 Å². The topological polar surface area (TPSA) is 36.0 Å². The van der Waals surface area contributed by atoms with Crippen LogP contribution in [0.25, 0.3) is 0 Å². The van der Waals surface area contributed by atoms with Crippen molar-refractivity contribution in [2.45, 2.75) is 98.5 Å². The van der Waals surface area contributed by atoms with Crippen LogP contribution in [0.5, 0.6) is 0 Å². The van der Waals surface area contributed by atoms with Gasteiger partial charge in [0.2, 0.25) is 0 Å². The number of carbonyl (C=O) groups is 1. The summed E-state index contributed by atoms with van der Waals surface area (Å²) in [6.45, 7) is 19.3. The summed E-state index contributed by atoms with van der Waals surface area (Å²) in [7, 11) is 0. The highest BCUT2D eigenvalue weighted by molar-refractivity contribution is 5.97. The second-order valence-electron chi connectivity index (χ2n) is 12.5. The fourth-order valence-corrected chi connectivity index (χ4v) is 6.59. The molecular formula is C40H57N3O2. The molecule has 0 aromatic heterocycles. The van der Waals surface area contributed by atoms with E-state index >= 15 is 0 Å². The summed E-state index contributed by atoms with van der Waals surface area (Å²) < 4.78 is 6.57.